The van der Waals surface area contributed by atoms with E-state index in [9.17, 15) is 9.65 Å². The van der Waals surface area contributed by atoms with Crippen molar-refractivity contribution in [1.29, 1.82) is 5.26 Å². The number of pyridine rings is 1. The molecule has 1 heterocycles. The van der Waals surface area contributed by atoms with Gasteiger partial charge in [-0.1, -0.05) is 12.1 Å². The Balaban J connectivity index is 2.53. The quantitative estimate of drug-likeness (QED) is 0.888. The summed E-state index contributed by atoms with van der Waals surface area (Å²) in [5.41, 5.74) is 3.18. The third kappa shape index (κ3) is 2.55. The van der Waals surface area contributed by atoms with Gasteiger partial charge in [-0.2, -0.15) is 5.26 Å². The van der Waals surface area contributed by atoms with Crippen molar-refractivity contribution in [3.8, 4) is 6.07 Å². The lowest BCUT2D eigenvalue weighted by Gasteiger charge is -2.13. The smallest absolute Gasteiger partial charge is 0.148 e. The Morgan fingerprint density at radius 1 is 1.21 bits per heavy atom. The minimum absolute atomic E-state index is 0.357. The van der Waals surface area contributed by atoms with Crippen molar-refractivity contribution in [2.75, 3.05) is 5.32 Å². The fourth-order valence-electron chi connectivity index (χ4n) is 1.98. The number of rotatable bonds is 2. The lowest BCUT2D eigenvalue weighted by molar-refractivity contribution is 0.630. The maximum atomic E-state index is 13.8. The van der Waals surface area contributed by atoms with Gasteiger partial charge in [-0.05, 0) is 44.0 Å². The van der Waals surface area contributed by atoms with Gasteiger partial charge >= 0.3 is 0 Å². The van der Waals surface area contributed by atoms with E-state index in [-0.39, 0.29) is 5.82 Å². The monoisotopic (exact) mass is 255 g/mol. The summed E-state index contributed by atoms with van der Waals surface area (Å²) in [6.45, 7) is 5.49. The molecule has 0 aliphatic rings. The Hall–Kier alpha value is -2.41. The molecule has 1 aromatic heterocycles. The highest BCUT2D eigenvalue weighted by Gasteiger charge is 2.12. The molecule has 1 N–H and O–H groups in total. The lowest BCUT2D eigenvalue weighted by Crippen LogP contribution is -2.03. The zero-order valence-electron chi connectivity index (χ0n) is 11.1. The Kier molecular flexibility index (Phi) is 3.48. The second-order valence-corrected chi connectivity index (χ2v) is 4.47. The second-order valence-electron chi connectivity index (χ2n) is 4.47. The fourth-order valence-corrected chi connectivity index (χ4v) is 1.98. The molecule has 0 spiro atoms. The number of halogens is 1. The minimum Gasteiger partial charge on any atom is -0.337 e. The molecule has 0 bridgehead atoms. The molecule has 0 radical (unpaired) electrons. The minimum atomic E-state index is -0.357. The van der Waals surface area contributed by atoms with Crippen molar-refractivity contribution in [2.45, 2.75) is 20.8 Å². The number of aromatic nitrogens is 1. The molecule has 96 valence electrons. The number of nitrogens with zero attached hydrogens (tertiary/aromatic N) is 2. The first kappa shape index (κ1) is 13.0. The number of anilines is 2. The summed E-state index contributed by atoms with van der Waals surface area (Å²) in [6, 6.07) is 8.77. The molecule has 0 aliphatic carbocycles. The van der Waals surface area contributed by atoms with Crippen molar-refractivity contribution in [3.63, 3.8) is 0 Å². The predicted octanol–water partition coefficient (Wildman–Crippen LogP) is 3.76. The normalized spacial score (nSPS) is 10.1. The van der Waals surface area contributed by atoms with Crippen LogP contribution in [0.3, 0.4) is 0 Å². The van der Waals surface area contributed by atoms with Crippen LogP contribution in [0.4, 0.5) is 15.9 Å². The van der Waals surface area contributed by atoms with Gasteiger partial charge in [0.2, 0.25) is 0 Å². The molecule has 0 aliphatic heterocycles. The molecule has 0 amide bonds. The number of hydrogen-bond donors (Lipinski definition) is 1. The molecular weight excluding hydrogens is 241 g/mol. The van der Waals surface area contributed by atoms with Crippen LogP contribution in [0.15, 0.2) is 24.3 Å². The van der Waals surface area contributed by atoms with Crippen LogP contribution >= 0.6 is 0 Å². The number of nitrogens with one attached hydrogen (secondary N) is 1. The maximum Gasteiger partial charge on any atom is 0.148 e. The Labute approximate surface area is 111 Å². The van der Waals surface area contributed by atoms with Crippen LogP contribution in [-0.2, 0) is 0 Å². The number of aryl methyl sites for hydroxylation is 3. The third-order valence-corrected chi connectivity index (χ3v) is 2.92. The lowest BCUT2D eigenvalue weighted by atomic mass is 10.1. The van der Waals surface area contributed by atoms with Gasteiger partial charge in [0.1, 0.15) is 17.7 Å². The van der Waals surface area contributed by atoms with Crippen LogP contribution in [0.5, 0.6) is 0 Å². The third-order valence-electron chi connectivity index (χ3n) is 2.92. The molecule has 0 fully saturated rings. The molecule has 0 atom stereocenters. The van der Waals surface area contributed by atoms with Gasteiger partial charge in [-0.15, -0.1) is 0 Å². The average Bonchev–Trinajstić information content (AvgIpc) is 2.33. The van der Waals surface area contributed by atoms with Gasteiger partial charge < -0.3 is 5.32 Å². The summed E-state index contributed by atoms with van der Waals surface area (Å²) in [7, 11) is 0. The topological polar surface area (TPSA) is 48.7 Å². The molecular formula is C15H14FN3. The van der Waals surface area contributed by atoms with Crippen molar-refractivity contribution < 1.29 is 4.39 Å². The van der Waals surface area contributed by atoms with Crippen molar-refractivity contribution in [3.05, 3.63) is 52.5 Å². The Morgan fingerprint density at radius 2 is 1.95 bits per heavy atom. The zero-order chi connectivity index (χ0) is 14.0. The molecule has 0 saturated carbocycles. The van der Waals surface area contributed by atoms with Crippen molar-refractivity contribution >= 4 is 11.5 Å². The van der Waals surface area contributed by atoms with Crippen LogP contribution in [0, 0.1) is 37.9 Å². The number of nitriles is 1. The van der Waals surface area contributed by atoms with E-state index in [0.29, 0.717) is 17.1 Å². The second kappa shape index (κ2) is 5.07. The summed E-state index contributed by atoms with van der Waals surface area (Å²) in [5.74, 6) is 0.0399. The molecule has 4 heteroatoms. The average molecular weight is 255 g/mol. The first-order chi connectivity index (χ1) is 9.02. The first-order valence-electron chi connectivity index (χ1n) is 5.93. The van der Waals surface area contributed by atoms with Crippen LogP contribution < -0.4 is 5.32 Å². The molecule has 3 nitrogen and oxygen atoms in total. The van der Waals surface area contributed by atoms with E-state index in [2.05, 4.69) is 16.4 Å². The molecule has 19 heavy (non-hydrogen) atoms. The molecule has 1 aromatic carbocycles. The highest BCUT2D eigenvalue weighted by Crippen LogP contribution is 2.26. The molecule has 2 rings (SSSR count). The fraction of sp³-hybridized carbons (Fsp3) is 0.200. The SMILES string of the molecule is Cc1cc(C)c(C#N)c(Nc2c(C)cccc2F)n1. The summed E-state index contributed by atoms with van der Waals surface area (Å²) in [4.78, 5) is 4.28. The van der Waals surface area contributed by atoms with E-state index in [1.807, 2.05) is 19.9 Å². The number of hydrogen-bond acceptors (Lipinski definition) is 3. The Morgan fingerprint density at radius 3 is 2.58 bits per heavy atom. The predicted molar refractivity (Wildman–Crippen MR) is 72.8 cm³/mol. The van der Waals surface area contributed by atoms with Gasteiger partial charge in [0.05, 0.1) is 11.3 Å². The van der Waals surface area contributed by atoms with E-state index in [0.717, 1.165) is 16.8 Å². The van der Waals surface area contributed by atoms with Gasteiger partial charge in [0.15, 0.2) is 0 Å². The molecule has 0 unspecified atom stereocenters. The first-order valence-corrected chi connectivity index (χ1v) is 5.93. The van der Waals surface area contributed by atoms with E-state index in [1.165, 1.54) is 6.07 Å². The van der Waals surface area contributed by atoms with Crippen LogP contribution in [0.1, 0.15) is 22.4 Å². The van der Waals surface area contributed by atoms with Gasteiger partial charge in [-0.25, -0.2) is 9.37 Å². The van der Waals surface area contributed by atoms with E-state index < -0.39 is 0 Å². The van der Waals surface area contributed by atoms with Crippen molar-refractivity contribution in [1.82, 2.24) is 4.98 Å². The summed E-state index contributed by atoms with van der Waals surface area (Å²) in [5, 5.41) is 12.1. The highest BCUT2D eigenvalue weighted by atomic mass is 19.1. The van der Waals surface area contributed by atoms with Crippen molar-refractivity contribution in [2.24, 2.45) is 0 Å². The number of benzene rings is 1. The maximum absolute atomic E-state index is 13.8. The highest BCUT2D eigenvalue weighted by molar-refractivity contribution is 5.67. The number of para-hydroxylation sites is 1. The summed E-state index contributed by atoms with van der Waals surface area (Å²) in [6.07, 6.45) is 0. The van der Waals surface area contributed by atoms with E-state index in [4.69, 9.17) is 0 Å². The molecule has 0 saturated heterocycles. The van der Waals surface area contributed by atoms with Gasteiger partial charge in [-0.3, -0.25) is 0 Å². The van der Waals surface area contributed by atoms with E-state index >= 15 is 0 Å². The van der Waals surface area contributed by atoms with Crippen LogP contribution in [0.2, 0.25) is 0 Å². The Bertz CT molecular complexity index is 652. The molecule has 2 aromatic rings. The summed E-state index contributed by atoms with van der Waals surface area (Å²) >= 11 is 0. The summed E-state index contributed by atoms with van der Waals surface area (Å²) < 4.78 is 13.8. The van der Waals surface area contributed by atoms with E-state index in [1.54, 1.807) is 19.1 Å². The standard InChI is InChI=1S/C15H14FN3/c1-9-5-4-6-13(16)14(9)19-15-12(8-17)10(2)7-11(3)18-15/h4-7H,1-3H3,(H,18,19). The van der Waals surface area contributed by atoms with Crippen LogP contribution in [0.25, 0.3) is 0 Å². The van der Waals surface area contributed by atoms with Gasteiger partial charge in [0.25, 0.3) is 0 Å². The zero-order valence-corrected chi connectivity index (χ0v) is 11.1. The van der Waals surface area contributed by atoms with Crippen LogP contribution in [-0.4, -0.2) is 4.98 Å². The largest absolute Gasteiger partial charge is 0.337 e. The van der Waals surface area contributed by atoms with Gasteiger partial charge in [0, 0.05) is 5.69 Å².